The van der Waals surface area contributed by atoms with E-state index in [4.69, 9.17) is 4.74 Å². The van der Waals surface area contributed by atoms with Crippen molar-refractivity contribution in [2.45, 2.75) is 73.1 Å². The number of carbonyl (C=O) groups excluding carboxylic acids is 1. The molecule has 3 saturated heterocycles. The van der Waals surface area contributed by atoms with E-state index in [1.807, 2.05) is 42.4 Å². The number of piperidine rings is 1. The molecule has 0 bridgehead atoms. The third-order valence-corrected chi connectivity index (χ3v) is 14.9. The van der Waals surface area contributed by atoms with E-state index in [1.54, 1.807) is 18.2 Å². The summed E-state index contributed by atoms with van der Waals surface area (Å²) < 4.78 is 64.1. The number of nitrogens with zero attached hydrogens (tertiary/aromatic N) is 6. The molecule has 2 aromatic heterocycles. The molecule has 308 valence electrons. The standard InChI is InChI=1S/C44H53F2N7O4S/c1-4-37-23-39(13-16-48-37)58(55,56)42-12-11-38(21-32(42)27-51-28-36(46)29-51)52-25-31(26-52)24-50-18-14-33(15-19-50)44(53-20-17-47-30(53)2,34-7-5-8-35(45)22-34)40-9-6-10-41(40)49-43(54)57-3/h4-5,7-8,11-13,16-17,20-23,31,33,36,40-41H,1,6,9-10,14-15,18-19,24-29H2,2-3H3,(H,49,54)/t40-,41-,44?/m0/s1. The lowest BCUT2D eigenvalue weighted by Crippen LogP contribution is -2.58. The number of nitrogens with one attached hydrogen (secondary N) is 1. The largest absolute Gasteiger partial charge is 0.453 e. The number of pyridine rings is 1. The third kappa shape index (κ3) is 7.66. The van der Waals surface area contributed by atoms with Crippen LogP contribution in [-0.2, 0) is 26.7 Å². The maximum absolute atomic E-state index is 15.2. The number of methoxy groups -OCH3 is 1. The molecule has 4 aliphatic rings. The smallest absolute Gasteiger partial charge is 0.407 e. The molecule has 1 amide bonds. The van der Waals surface area contributed by atoms with E-state index in [0.717, 1.165) is 81.9 Å². The second-order valence-corrected chi connectivity index (χ2v) is 18.4. The van der Waals surface area contributed by atoms with Crippen molar-refractivity contribution < 1.29 is 26.7 Å². The van der Waals surface area contributed by atoms with Crippen LogP contribution in [0.15, 0.2) is 89.6 Å². The van der Waals surface area contributed by atoms with Crippen molar-refractivity contribution in [2.75, 3.05) is 57.8 Å². The highest BCUT2D eigenvalue weighted by molar-refractivity contribution is 7.91. The van der Waals surface area contributed by atoms with Gasteiger partial charge in [-0.1, -0.05) is 25.1 Å². The zero-order chi connectivity index (χ0) is 40.6. The summed E-state index contributed by atoms with van der Waals surface area (Å²) in [5.74, 6) is 1.17. The monoisotopic (exact) mass is 813 g/mol. The number of benzene rings is 2. The summed E-state index contributed by atoms with van der Waals surface area (Å²) in [6.45, 7) is 11.1. The Kier molecular flexibility index (Phi) is 11.4. The molecule has 3 aliphatic heterocycles. The number of alkyl carbamates (subject to hydrolysis) is 1. The van der Waals surface area contributed by atoms with Crippen LogP contribution in [0.5, 0.6) is 0 Å². The number of imidazole rings is 1. The van der Waals surface area contributed by atoms with E-state index in [-0.39, 0.29) is 33.5 Å². The van der Waals surface area contributed by atoms with Gasteiger partial charge in [0.15, 0.2) is 0 Å². The Labute approximate surface area is 340 Å². The van der Waals surface area contributed by atoms with Gasteiger partial charge in [0.1, 0.15) is 17.8 Å². The SMILES string of the molecule is C=Cc1cc(S(=O)(=O)c2ccc(N3CC(CN4CCC(C(c5cccc(F)c5)([C@H]5CCC[C@@H]5NC(=O)OC)n5ccnc5C)CC4)C3)cc2CN2CC(F)C2)ccn1. The highest BCUT2D eigenvalue weighted by Gasteiger charge is 2.54. The van der Waals surface area contributed by atoms with Crippen molar-refractivity contribution in [2.24, 2.45) is 17.8 Å². The molecule has 1 aliphatic carbocycles. The Morgan fingerprint density at radius 3 is 2.48 bits per heavy atom. The van der Waals surface area contributed by atoms with E-state index < -0.39 is 27.6 Å². The Balaban J connectivity index is 0.981. The molecule has 4 aromatic rings. The van der Waals surface area contributed by atoms with Gasteiger partial charge in [-0.25, -0.2) is 27.0 Å². The maximum Gasteiger partial charge on any atom is 0.407 e. The first kappa shape index (κ1) is 40.1. The minimum Gasteiger partial charge on any atom is -0.453 e. The molecular weight excluding hydrogens is 761 g/mol. The number of hydrogen-bond donors (Lipinski definition) is 1. The van der Waals surface area contributed by atoms with Gasteiger partial charge < -0.3 is 24.4 Å². The molecule has 1 unspecified atom stereocenters. The van der Waals surface area contributed by atoms with Gasteiger partial charge in [-0.15, -0.1) is 0 Å². The fraction of sp³-hybridized carbons (Fsp3) is 0.477. The lowest BCUT2D eigenvalue weighted by atomic mass is 9.64. The average Bonchev–Trinajstić information content (AvgIpc) is 3.85. The fourth-order valence-electron chi connectivity index (χ4n) is 10.3. The zero-order valence-electron chi connectivity index (χ0n) is 33.3. The number of halogens is 2. The van der Waals surface area contributed by atoms with Crippen LogP contribution < -0.4 is 10.2 Å². The number of aromatic nitrogens is 3. The summed E-state index contributed by atoms with van der Waals surface area (Å²) in [6.07, 6.45) is 9.92. The second kappa shape index (κ2) is 16.5. The van der Waals surface area contributed by atoms with Crippen LogP contribution in [0.3, 0.4) is 0 Å². The number of alkyl halides is 1. The third-order valence-electron chi connectivity index (χ3n) is 13.0. The van der Waals surface area contributed by atoms with Gasteiger partial charge in [-0.2, -0.15) is 0 Å². The molecule has 1 N–H and O–H groups in total. The minimum absolute atomic E-state index is 0.00174. The number of sulfone groups is 1. The molecule has 14 heteroatoms. The zero-order valence-corrected chi connectivity index (χ0v) is 34.1. The van der Waals surface area contributed by atoms with Crippen molar-refractivity contribution in [1.29, 1.82) is 0 Å². The van der Waals surface area contributed by atoms with Gasteiger partial charge in [0.2, 0.25) is 9.84 Å². The highest BCUT2D eigenvalue weighted by atomic mass is 32.2. The molecule has 0 radical (unpaired) electrons. The quantitative estimate of drug-likeness (QED) is 0.162. The van der Waals surface area contributed by atoms with Crippen molar-refractivity contribution >= 4 is 27.7 Å². The Morgan fingerprint density at radius 1 is 1.00 bits per heavy atom. The number of aryl methyl sites for hydroxylation is 1. The second-order valence-electron chi connectivity index (χ2n) is 16.5. The van der Waals surface area contributed by atoms with Crippen LogP contribution in [0.25, 0.3) is 6.08 Å². The summed E-state index contributed by atoms with van der Waals surface area (Å²) in [5, 5.41) is 3.14. The van der Waals surface area contributed by atoms with Crippen LogP contribution in [0.2, 0.25) is 0 Å². The van der Waals surface area contributed by atoms with Crippen LogP contribution in [0.4, 0.5) is 19.3 Å². The Hall–Kier alpha value is -4.66. The molecule has 4 fully saturated rings. The lowest BCUT2D eigenvalue weighted by Gasteiger charge is -2.52. The van der Waals surface area contributed by atoms with Gasteiger partial charge in [0.05, 0.1) is 28.1 Å². The van der Waals surface area contributed by atoms with Crippen LogP contribution in [0.1, 0.15) is 54.7 Å². The molecule has 2 aromatic carbocycles. The number of rotatable bonds is 13. The van der Waals surface area contributed by atoms with E-state index >= 15 is 4.39 Å². The summed E-state index contributed by atoms with van der Waals surface area (Å²) in [4.78, 5) is 28.6. The number of anilines is 1. The predicted octanol–water partition coefficient (Wildman–Crippen LogP) is 6.47. The topological polar surface area (TPSA) is 113 Å². The number of likely N-dealkylation sites (tertiary alicyclic amines) is 2. The van der Waals surface area contributed by atoms with E-state index in [2.05, 4.69) is 36.2 Å². The number of hydrogen-bond acceptors (Lipinski definition) is 9. The first-order valence-electron chi connectivity index (χ1n) is 20.4. The number of amides is 1. The van der Waals surface area contributed by atoms with Gasteiger partial charge in [0, 0.05) is 81.4 Å². The molecule has 58 heavy (non-hydrogen) atoms. The maximum atomic E-state index is 15.2. The van der Waals surface area contributed by atoms with Crippen molar-refractivity contribution in [1.82, 2.24) is 29.7 Å². The lowest BCUT2D eigenvalue weighted by molar-refractivity contribution is 0.0457. The van der Waals surface area contributed by atoms with Crippen LogP contribution in [0, 0.1) is 30.5 Å². The Morgan fingerprint density at radius 2 is 1.79 bits per heavy atom. The van der Waals surface area contributed by atoms with Crippen molar-refractivity contribution in [3.05, 3.63) is 108 Å². The number of carbonyl (C=O) groups is 1. The van der Waals surface area contributed by atoms with E-state index in [9.17, 15) is 17.6 Å². The highest BCUT2D eigenvalue weighted by Crippen LogP contribution is 2.52. The first-order chi connectivity index (χ1) is 28.0. The van der Waals surface area contributed by atoms with Gasteiger partial charge in [0.25, 0.3) is 0 Å². The molecular formula is C44H53F2N7O4S. The van der Waals surface area contributed by atoms with Gasteiger partial charge in [-0.05, 0) is 111 Å². The summed E-state index contributed by atoms with van der Waals surface area (Å²) in [6, 6.07) is 15.4. The molecule has 1 saturated carbocycles. The van der Waals surface area contributed by atoms with Crippen molar-refractivity contribution in [3.63, 3.8) is 0 Å². The van der Waals surface area contributed by atoms with E-state index in [1.165, 1.54) is 37.6 Å². The molecule has 0 spiro atoms. The van der Waals surface area contributed by atoms with Crippen molar-refractivity contribution in [3.8, 4) is 0 Å². The number of ether oxygens (including phenoxy) is 1. The fourth-order valence-corrected chi connectivity index (χ4v) is 11.8. The molecule has 3 atom stereocenters. The molecule has 11 nitrogen and oxygen atoms in total. The van der Waals surface area contributed by atoms with Crippen LogP contribution in [-0.4, -0.2) is 104 Å². The molecule has 8 rings (SSSR count). The molecule has 5 heterocycles. The van der Waals surface area contributed by atoms with E-state index in [0.29, 0.717) is 36.8 Å². The van der Waals surface area contributed by atoms with Gasteiger partial charge in [-0.3, -0.25) is 9.88 Å². The first-order valence-corrected chi connectivity index (χ1v) is 21.9. The normalized spacial score (nSPS) is 22.2. The minimum atomic E-state index is -3.86. The summed E-state index contributed by atoms with van der Waals surface area (Å²) >= 11 is 0. The average molecular weight is 814 g/mol. The van der Waals surface area contributed by atoms with Gasteiger partial charge >= 0.3 is 6.09 Å². The van der Waals surface area contributed by atoms with Crippen LogP contribution >= 0.6 is 0 Å². The summed E-state index contributed by atoms with van der Waals surface area (Å²) in [7, 11) is -2.47. The summed E-state index contributed by atoms with van der Waals surface area (Å²) in [5.41, 5.74) is 2.38. The predicted molar refractivity (Wildman–Crippen MR) is 218 cm³/mol. The Bertz CT molecular complexity index is 2230.